The molecule has 0 amide bonds. The van der Waals surface area contributed by atoms with Crippen LogP contribution in [-0.4, -0.2) is 11.4 Å². The molecule has 2 heteroatoms. The first-order valence-electron chi connectivity index (χ1n) is 4.27. The Hall–Kier alpha value is -1.23. The number of piperidine rings is 1. The van der Waals surface area contributed by atoms with Crippen molar-refractivity contribution in [1.82, 2.24) is 4.90 Å². The lowest BCUT2D eigenvalue weighted by Crippen LogP contribution is -2.22. The second kappa shape index (κ2) is 3.96. The maximum Gasteiger partial charge on any atom is 0.0959 e. The van der Waals surface area contributed by atoms with E-state index in [-0.39, 0.29) is 0 Å². The van der Waals surface area contributed by atoms with Crippen LogP contribution in [0.1, 0.15) is 26.2 Å². The van der Waals surface area contributed by atoms with E-state index in [1.165, 1.54) is 12.8 Å². The van der Waals surface area contributed by atoms with E-state index in [1.54, 1.807) is 0 Å². The SMILES string of the molecule is C=C1CCCCN1/C=C(\C)C#N. The summed E-state index contributed by atoms with van der Waals surface area (Å²) in [5.41, 5.74) is 1.88. The van der Waals surface area contributed by atoms with E-state index in [4.69, 9.17) is 5.26 Å². The molecule has 1 saturated heterocycles. The summed E-state index contributed by atoms with van der Waals surface area (Å²) in [5.74, 6) is 0. The molecule has 1 heterocycles. The van der Waals surface area contributed by atoms with Crippen LogP contribution in [-0.2, 0) is 0 Å². The van der Waals surface area contributed by atoms with E-state index in [9.17, 15) is 0 Å². The van der Waals surface area contributed by atoms with Crippen molar-refractivity contribution in [3.8, 4) is 6.07 Å². The molecule has 0 unspecified atom stereocenters. The van der Waals surface area contributed by atoms with E-state index in [2.05, 4.69) is 17.5 Å². The number of hydrogen-bond donors (Lipinski definition) is 0. The molecule has 0 spiro atoms. The Balaban J connectivity index is 2.62. The molecule has 0 radical (unpaired) electrons. The molecule has 0 bridgehead atoms. The van der Waals surface area contributed by atoms with Gasteiger partial charge >= 0.3 is 0 Å². The third-order valence-electron chi connectivity index (χ3n) is 2.05. The lowest BCUT2D eigenvalue weighted by atomic mass is 10.1. The van der Waals surface area contributed by atoms with E-state index in [0.717, 1.165) is 24.2 Å². The zero-order valence-electron chi connectivity index (χ0n) is 7.51. The summed E-state index contributed by atoms with van der Waals surface area (Å²) >= 11 is 0. The molecule has 0 aromatic rings. The van der Waals surface area contributed by atoms with Crippen molar-refractivity contribution in [1.29, 1.82) is 5.26 Å². The summed E-state index contributed by atoms with van der Waals surface area (Å²) in [5, 5.41) is 8.58. The molecule has 0 atom stereocenters. The fourth-order valence-corrected chi connectivity index (χ4v) is 1.33. The van der Waals surface area contributed by atoms with E-state index >= 15 is 0 Å². The fraction of sp³-hybridized carbons (Fsp3) is 0.500. The maximum atomic E-state index is 8.58. The minimum Gasteiger partial charge on any atom is -0.351 e. The van der Waals surface area contributed by atoms with Gasteiger partial charge in [0.1, 0.15) is 0 Å². The molecule has 1 aliphatic rings. The molecule has 0 saturated carbocycles. The van der Waals surface area contributed by atoms with Crippen LogP contribution in [0.25, 0.3) is 0 Å². The lowest BCUT2D eigenvalue weighted by molar-refractivity contribution is 0.380. The van der Waals surface area contributed by atoms with Gasteiger partial charge in [0, 0.05) is 24.0 Å². The van der Waals surface area contributed by atoms with Gasteiger partial charge in [0.2, 0.25) is 0 Å². The van der Waals surface area contributed by atoms with Crippen molar-refractivity contribution in [2.45, 2.75) is 26.2 Å². The van der Waals surface area contributed by atoms with Gasteiger partial charge in [-0.2, -0.15) is 5.26 Å². The Morgan fingerprint density at radius 3 is 3.00 bits per heavy atom. The van der Waals surface area contributed by atoms with E-state index in [1.807, 2.05) is 13.1 Å². The monoisotopic (exact) mass is 162 g/mol. The molecule has 1 rings (SSSR count). The van der Waals surface area contributed by atoms with Gasteiger partial charge in [-0.05, 0) is 26.2 Å². The molecule has 0 aromatic carbocycles. The first kappa shape index (κ1) is 8.86. The molecule has 0 aromatic heterocycles. The van der Waals surface area contributed by atoms with Crippen LogP contribution < -0.4 is 0 Å². The highest BCUT2D eigenvalue weighted by Gasteiger charge is 2.10. The van der Waals surface area contributed by atoms with Crippen LogP contribution in [0, 0.1) is 11.3 Å². The molecular formula is C10H14N2. The number of likely N-dealkylation sites (tertiary alicyclic amines) is 1. The highest BCUT2D eigenvalue weighted by Crippen LogP contribution is 2.19. The van der Waals surface area contributed by atoms with Crippen molar-refractivity contribution in [2.24, 2.45) is 0 Å². The Bertz CT molecular complexity index is 245. The lowest BCUT2D eigenvalue weighted by Gasteiger charge is -2.27. The van der Waals surface area contributed by atoms with Crippen LogP contribution >= 0.6 is 0 Å². The summed E-state index contributed by atoms with van der Waals surface area (Å²) in [7, 11) is 0. The predicted octanol–water partition coefficient (Wildman–Crippen LogP) is 2.41. The van der Waals surface area contributed by atoms with Gasteiger partial charge in [0.05, 0.1) is 6.07 Å². The third-order valence-corrected chi connectivity index (χ3v) is 2.05. The zero-order valence-corrected chi connectivity index (χ0v) is 7.51. The summed E-state index contributed by atoms with van der Waals surface area (Å²) in [4.78, 5) is 2.09. The molecule has 0 N–H and O–H groups in total. The topological polar surface area (TPSA) is 27.0 Å². The Morgan fingerprint density at radius 1 is 1.67 bits per heavy atom. The second-order valence-electron chi connectivity index (χ2n) is 3.14. The normalized spacial score (nSPS) is 19.2. The summed E-state index contributed by atoms with van der Waals surface area (Å²) in [6, 6.07) is 2.11. The first-order chi connectivity index (χ1) is 5.74. The predicted molar refractivity (Wildman–Crippen MR) is 49.1 cm³/mol. The number of rotatable bonds is 1. The fourth-order valence-electron chi connectivity index (χ4n) is 1.33. The van der Waals surface area contributed by atoms with E-state index < -0.39 is 0 Å². The summed E-state index contributed by atoms with van der Waals surface area (Å²) in [6.07, 6.45) is 5.39. The summed E-state index contributed by atoms with van der Waals surface area (Å²) < 4.78 is 0. The van der Waals surface area contributed by atoms with Crippen LogP contribution in [0.15, 0.2) is 24.0 Å². The molecule has 12 heavy (non-hydrogen) atoms. The van der Waals surface area contributed by atoms with Crippen molar-refractivity contribution in [3.63, 3.8) is 0 Å². The van der Waals surface area contributed by atoms with Crippen LogP contribution in [0.5, 0.6) is 0 Å². The number of nitrogens with zero attached hydrogens (tertiary/aromatic N) is 2. The largest absolute Gasteiger partial charge is 0.351 e. The second-order valence-corrected chi connectivity index (χ2v) is 3.14. The minimum absolute atomic E-state index is 0.748. The van der Waals surface area contributed by atoms with Crippen LogP contribution in [0.2, 0.25) is 0 Å². The zero-order chi connectivity index (χ0) is 8.97. The molecule has 64 valence electrons. The van der Waals surface area contributed by atoms with Gasteiger partial charge < -0.3 is 4.90 Å². The van der Waals surface area contributed by atoms with Gasteiger partial charge in [-0.25, -0.2) is 0 Å². The molecular weight excluding hydrogens is 148 g/mol. The third kappa shape index (κ3) is 2.13. The first-order valence-corrected chi connectivity index (χ1v) is 4.27. The van der Waals surface area contributed by atoms with Gasteiger partial charge in [0.15, 0.2) is 0 Å². The Kier molecular flexibility index (Phi) is 2.93. The smallest absolute Gasteiger partial charge is 0.0959 e. The minimum atomic E-state index is 0.748. The van der Waals surface area contributed by atoms with Gasteiger partial charge in [0.25, 0.3) is 0 Å². The van der Waals surface area contributed by atoms with Crippen molar-refractivity contribution < 1.29 is 0 Å². The summed E-state index contributed by atoms with van der Waals surface area (Å²) in [6.45, 7) is 6.79. The van der Waals surface area contributed by atoms with E-state index in [0.29, 0.717) is 0 Å². The van der Waals surface area contributed by atoms with Crippen LogP contribution in [0.3, 0.4) is 0 Å². The van der Waals surface area contributed by atoms with Crippen LogP contribution in [0.4, 0.5) is 0 Å². The molecule has 2 nitrogen and oxygen atoms in total. The molecule has 0 aliphatic carbocycles. The number of nitriles is 1. The average molecular weight is 162 g/mol. The highest BCUT2D eigenvalue weighted by atomic mass is 15.1. The number of hydrogen-bond acceptors (Lipinski definition) is 2. The van der Waals surface area contributed by atoms with Gasteiger partial charge in [-0.15, -0.1) is 0 Å². The standard InChI is InChI=1S/C10H14N2/c1-9(7-11)8-12-6-4-3-5-10(12)2/h8H,2-6H2,1H3/b9-8+. The van der Waals surface area contributed by atoms with Crippen molar-refractivity contribution in [2.75, 3.05) is 6.54 Å². The van der Waals surface area contributed by atoms with Gasteiger partial charge in [-0.3, -0.25) is 0 Å². The number of allylic oxidation sites excluding steroid dienone is 2. The molecule has 1 aliphatic heterocycles. The van der Waals surface area contributed by atoms with Crippen molar-refractivity contribution in [3.05, 3.63) is 24.0 Å². The van der Waals surface area contributed by atoms with Crippen molar-refractivity contribution >= 4 is 0 Å². The van der Waals surface area contributed by atoms with Gasteiger partial charge in [-0.1, -0.05) is 6.58 Å². The quantitative estimate of drug-likeness (QED) is 0.554. The molecule has 1 fully saturated rings. The Morgan fingerprint density at radius 2 is 2.42 bits per heavy atom. The maximum absolute atomic E-state index is 8.58. The average Bonchev–Trinajstić information content (AvgIpc) is 2.09. The highest BCUT2D eigenvalue weighted by molar-refractivity contribution is 5.19. The Labute approximate surface area is 73.8 Å².